The summed E-state index contributed by atoms with van der Waals surface area (Å²) in [4.78, 5) is 14.9. The number of carboxylic acid groups (broad SMARTS) is 1. The fraction of sp³-hybridized carbons (Fsp3) is 0. The van der Waals surface area contributed by atoms with E-state index in [2.05, 4.69) is 10.3 Å². The van der Waals surface area contributed by atoms with E-state index >= 15 is 0 Å². The quantitative estimate of drug-likeness (QED) is 0.435. The molecule has 0 aliphatic carbocycles. The van der Waals surface area contributed by atoms with Crippen molar-refractivity contribution in [3.63, 3.8) is 0 Å². The van der Waals surface area contributed by atoms with Gasteiger partial charge >= 0.3 is 16.4 Å². The standard InChI is InChI=1S/C3H5N3O5S2/c7-3(8)11-5-13(9,10)6-4-1-2-12-6/h1-2,4-5H,(H,7,8). The summed E-state index contributed by atoms with van der Waals surface area (Å²) in [5.74, 6) is 0. The van der Waals surface area contributed by atoms with Gasteiger partial charge in [0.25, 0.3) is 0 Å². The molecule has 0 bridgehead atoms. The highest BCUT2D eigenvalue weighted by Crippen LogP contribution is 2.16. The number of hydrogen-bond acceptors (Lipinski definition) is 6. The lowest BCUT2D eigenvalue weighted by molar-refractivity contribution is 0.0709. The van der Waals surface area contributed by atoms with Gasteiger partial charge in [-0.15, -0.1) is 0 Å². The van der Waals surface area contributed by atoms with Crippen molar-refractivity contribution in [2.24, 2.45) is 0 Å². The third-order valence-corrected chi connectivity index (χ3v) is 3.09. The highest BCUT2D eigenvalue weighted by Gasteiger charge is 2.25. The van der Waals surface area contributed by atoms with E-state index in [0.717, 1.165) is 11.9 Å². The van der Waals surface area contributed by atoms with Gasteiger partial charge < -0.3 is 15.4 Å². The molecule has 1 heterocycles. The van der Waals surface area contributed by atoms with Crippen molar-refractivity contribution in [3.05, 3.63) is 11.6 Å². The number of rotatable bonds is 3. The van der Waals surface area contributed by atoms with E-state index < -0.39 is 16.4 Å². The summed E-state index contributed by atoms with van der Waals surface area (Å²) in [5, 5.41) is 9.47. The van der Waals surface area contributed by atoms with E-state index in [1.165, 1.54) is 16.5 Å². The first kappa shape index (κ1) is 10.1. The molecule has 8 nitrogen and oxygen atoms in total. The second-order valence-corrected chi connectivity index (χ2v) is 4.28. The first-order valence-corrected chi connectivity index (χ1v) is 5.10. The molecule has 0 spiro atoms. The Morgan fingerprint density at radius 3 is 2.85 bits per heavy atom. The fourth-order valence-electron chi connectivity index (χ4n) is 0.456. The van der Waals surface area contributed by atoms with E-state index in [9.17, 15) is 13.2 Å². The molecule has 0 radical (unpaired) electrons. The molecule has 0 fully saturated rings. The molecular weight excluding hydrogens is 222 g/mol. The molecule has 1 aliphatic rings. The van der Waals surface area contributed by atoms with Gasteiger partial charge in [0.15, 0.2) is 0 Å². The molecule has 74 valence electrons. The van der Waals surface area contributed by atoms with Crippen LogP contribution in [0.2, 0.25) is 0 Å². The Kier molecular flexibility index (Phi) is 2.98. The highest BCUT2D eigenvalue weighted by atomic mass is 32.3. The van der Waals surface area contributed by atoms with Crippen molar-refractivity contribution >= 4 is 28.3 Å². The van der Waals surface area contributed by atoms with Crippen molar-refractivity contribution in [1.29, 1.82) is 0 Å². The van der Waals surface area contributed by atoms with Crippen LogP contribution in [0.4, 0.5) is 4.79 Å². The Morgan fingerprint density at radius 2 is 2.38 bits per heavy atom. The van der Waals surface area contributed by atoms with Gasteiger partial charge in [0.2, 0.25) is 0 Å². The van der Waals surface area contributed by atoms with E-state index in [1.807, 2.05) is 0 Å². The molecule has 0 aromatic heterocycles. The molecule has 1 aliphatic heterocycles. The Balaban J connectivity index is 2.51. The van der Waals surface area contributed by atoms with Gasteiger partial charge in [-0.1, -0.05) is 0 Å². The maximum atomic E-state index is 11.0. The molecule has 0 saturated carbocycles. The van der Waals surface area contributed by atoms with Crippen LogP contribution in [0, 0.1) is 0 Å². The Bertz CT molecular complexity index is 316. The van der Waals surface area contributed by atoms with E-state index in [4.69, 9.17) is 5.11 Å². The van der Waals surface area contributed by atoms with Crippen LogP contribution in [-0.2, 0) is 15.0 Å². The first-order valence-electron chi connectivity index (χ1n) is 2.82. The number of hydrogen-bond donors (Lipinski definition) is 3. The second-order valence-electron chi connectivity index (χ2n) is 1.72. The molecule has 1 rings (SSSR count). The minimum Gasteiger partial charge on any atom is -0.448 e. The predicted octanol–water partition coefficient (Wildman–Crippen LogP) is -0.630. The molecule has 3 N–H and O–H groups in total. The van der Waals surface area contributed by atoms with Crippen molar-refractivity contribution in [2.45, 2.75) is 0 Å². The van der Waals surface area contributed by atoms with Crippen molar-refractivity contribution < 1.29 is 23.2 Å². The third-order valence-electron chi connectivity index (χ3n) is 0.857. The molecule has 13 heavy (non-hydrogen) atoms. The van der Waals surface area contributed by atoms with Gasteiger partial charge in [0, 0.05) is 11.6 Å². The molecule has 0 atom stereocenters. The summed E-state index contributed by atoms with van der Waals surface area (Å²) < 4.78 is 22.8. The number of nitrogens with zero attached hydrogens (tertiary/aromatic N) is 1. The molecule has 0 amide bonds. The largest absolute Gasteiger partial charge is 0.526 e. The molecule has 0 aromatic rings. The molecule has 10 heteroatoms. The summed E-state index contributed by atoms with van der Waals surface area (Å²) in [6, 6.07) is 0. The lowest BCUT2D eigenvalue weighted by atomic mass is 11.1. The monoisotopic (exact) mass is 227 g/mol. The Labute approximate surface area is 77.8 Å². The normalized spacial score (nSPS) is 16.9. The van der Waals surface area contributed by atoms with Crippen LogP contribution >= 0.6 is 11.9 Å². The lowest BCUT2D eigenvalue weighted by Gasteiger charge is -2.13. The van der Waals surface area contributed by atoms with Crippen molar-refractivity contribution in [1.82, 2.24) is 14.1 Å². The zero-order valence-corrected chi connectivity index (χ0v) is 7.63. The lowest BCUT2D eigenvalue weighted by Crippen LogP contribution is -2.41. The molecule has 0 saturated heterocycles. The van der Waals surface area contributed by atoms with Gasteiger partial charge in [0.05, 0.1) is 0 Å². The fourth-order valence-corrected chi connectivity index (χ4v) is 1.95. The van der Waals surface area contributed by atoms with Gasteiger partial charge in [-0.3, -0.25) is 0 Å². The summed E-state index contributed by atoms with van der Waals surface area (Å²) in [5.41, 5.74) is 2.31. The summed E-state index contributed by atoms with van der Waals surface area (Å²) in [6.07, 6.45) is -0.370. The average Bonchev–Trinajstić information content (AvgIpc) is 2.53. The van der Waals surface area contributed by atoms with Crippen LogP contribution < -0.4 is 10.3 Å². The van der Waals surface area contributed by atoms with Crippen LogP contribution in [0.25, 0.3) is 0 Å². The predicted molar refractivity (Wildman–Crippen MR) is 42.9 cm³/mol. The molecule has 0 unspecified atom stereocenters. The highest BCUT2D eigenvalue weighted by molar-refractivity contribution is 8.09. The second kappa shape index (κ2) is 3.83. The number of nitrogens with one attached hydrogen (secondary N) is 2. The first-order chi connectivity index (χ1) is 6.02. The van der Waals surface area contributed by atoms with Gasteiger partial charge in [-0.2, -0.15) is 8.42 Å². The van der Waals surface area contributed by atoms with Gasteiger partial charge in [-0.05, 0) is 20.7 Å². The van der Waals surface area contributed by atoms with Crippen LogP contribution in [0.1, 0.15) is 0 Å². The zero-order valence-electron chi connectivity index (χ0n) is 6.00. The van der Waals surface area contributed by atoms with E-state index in [-0.39, 0.29) is 0 Å². The van der Waals surface area contributed by atoms with E-state index in [1.54, 1.807) is 0 Å². The van der Waals surface area contributed by atoms with Crippen LogP contribution in [0.15, 0.2) is 11.6 Å². The average molecular weight is 227 g/mol. The van der Waals surface area contributed by atoms with Crippen LogP contribution in [0.3, 0.4) is 0 Å². The maximum Gasteiger partial charge on any atom is 0.526 e. The topological polar surface area (TPSA) is 108 Å². The van der Waals surface area contributed by atoms with Crippen LogP contribution in [0.5, 0.6) is 0 Å². The SMILES string of the molecule is O=C(O)ONS(=O)(=O)N1NC=CS1. The molecule has 0 aromatic carbocycles. The van der Waals surface area contributed by atoms with Gasteiger partial charge in [0.1, 0.15) is 0 Å². The Morgan fingerprint density at radius 1 is 1.69 bits per heavy atom. The summed E-state index contributed by atoms with van der Waals surface area (Å²) in [6.45, 7) is 0. The number of carbonyl (C=O) groups is 1. The summed E-state index contributed by atoms with van der Waals surface area (Å²) >= 11 is 0.819. The third kappa shape index (κ3) is 2.77. The van der Waals surface area contributed by atoms with E-state index in [0.29, 0.717) is 3.82 Å². The zero-order chi connectivity index (χ0) is 9.90. The minimum atomic E-state index is -3.99. The van der Waals surface area contributed by atoms with Crippen molar-refractivity contribution in [3.8, 4) is 0 Å². The smallest absolute Gasteiger partial charge is 0.448 e. The maximum absolute atomic E-state index is 11.0. The number of hydrazine groups is 1. The summed E-state index contributed by atoms with van der Waals surface area (Å²) in [7, 11) is -3.99. The molecular formula is C3H5N3O5S2. The van der Waals surface area contributed by atoms with Crippen molar-refractivity contribution in [2.75, 3.05) is 0 Å². The minimum absolute atomic E-state index is 0.690. The Hall–Kier alpha value is -0.970. The van der Waals surface area contributed by atoms with Gasteiger partial charge in [-0.25, -0.2) is 4.79 Å². The van der Waals surface area contributed by atoms with Crippen LogP contribution in [-0.4, -0.2) is 23.5 Å².